The molecule has 0 radical (unpaired) electrons. The Morgan fingerprint density at radius 3 is 1.48 bits per heavy atom. The molecule has 0 saturated carbocycles. The first kappa shape index (κ1) is 26.4. The maximum absolute atomic E-state index is 13.5. The molecule has 0 aromatic rings. The molecule has 160 valence electrons. The Hall–Kier alpha value is -0.643. The number of ether oxygens (including phenoxy) is 1. The van der Waals surface area contributed by atoms with Gasteiger partial charge >= 0.3 is 5.97 Å². The van der Waals surface area contributed by atoms with Crippen LogP contribution in [0.25, 0.3) is 0 Å². The molecule has 4 heteroatoms. The molecule has 0 fully saturated rings. The number of unbranched alkanes of at least 4 members (excludes halogenated alkanes) is 14. The van der Waals surface area contributed by atoms with Gasteiger partial charge in [0.05, 0.1) is 6.61 Å². The van der Waals surface area contributed by atoms with Crippen molar-refractivity contribution in [3.63, 3.8) is 0 Å². The van der Waals surface area contributed by atoms with E-state index in [9.17, 15) is 8.90 Å². The number of carbonyl (C=O) groups is 1. The van der Waals surface area contributed by atoms with Gasteiger partial charge in [-0.25, -0.2) is 4.79 Å². The van der Waals surface area contributed by atoms with Gasteiger partial charge in [-0.15, -0.1) is 0 Å². The lowest BCUT2D eigenvalue weighted by Gasteiger charge is -2.09. The van der Waals surface area contributed by atoms with Gasteiger partial charge in [-0.2, -0.15) is 0 Å². The van der Waals surface area contributed by atoms with Crippen molar-refractivity contribution in [2.24, 2.45) is 0 Å². The Balaban J connectivity index is 3.10. The number of hydrogen-bond donors (Lipinski definition) is 0. The number of rotatable bonds is 19. The summed E-state index contributed by atoms with van der Waals surface area (Å²) in [7, 11) is -2.29. The quantitative estimate of drug-likeness (QED) is 0.0719. The van der Waals surface area contributed by atoms with Crippen molar-refractivity contribution in [1.82, 2.24) is 0 Å². The summed E-state index contributed by atoms with van der Waals surface area (Å²) in [5.74, 6) is -0.222. The van der Waals surface area contributed by atoms with Crippen molar-refractivity contribution >= 4 is 14.4 Å². The maximum Gasteiger partial charge on any atom is 0.330 e. The molecule has 0 unspecified atom stereocenters. The second-order valence-electron chi connectivity index (χ2n) is 8.44. The molecule has 0 N–H and O–H groups in total. The molecule has 0 aliphatic rings. The summed E-state index contributed by atoms with van der Waals surface area (Å²) in [6, 6.07) is 0.844. The molecule has 0 atom stereocenters. The molecule has 0 aliphatic heterocycles. The van der Waals surface area contributed by atoms with Crippen molar-refractivity contribution in [2.45, 2.75) is 122 Å². The van der Waals surface area contributed by atoms with Crippen LogP contribution in [0, 0.1) is 0 Å². The van der Waals surface area contributed by atoms with Crippen LogP contribution in [-0.2, 0) is 9.53 Å². The van der Waals surface area contributed by atoms with Crippen LogP contribution in [-0.4, -0.2) is 21.0 Å². The highest BCUT2D eigenvalue weighted by molar-refractivity contribution is 6.70. The number of carbonyl (C=O) groups excluding carboxylic acids is 1. The van der Waals surface area contributed by atoms with Gasteiger partial charge in [0.2, 0.25) is 8.41 Å². The third kappa shape index (κ3) is 23.3. The van der Waals surface area contributed by atoms with Gasteiger partial charge in [0.1, 0.15) is 0 Å². The summed E-state index contributed by atoms with van der Waals surface area (Å²) in [6.45, 7) is 6.01. The predicted octanol–water partition coefficient (Wildman–Crippen LogP) is 8.13. The minimum atomic E-state index is -2.29. The van der Waals surface area contributed by atoms with Crippen LogP contribution in [0.5, 0.6) is 0 Å². The second kappa shape index (κ2) is 18.7. The second-order valence-corrected chi connectivity index (χ2v) is 12.4. The summed E-state index contributed by atoms with van der Waals surface area (Å²) < 4.78 is 18.5. The Morgan fingerprint density at radius 2 is 1.11 bits per heavy atom. The first-order valence-corrected chi connectivity index (χ1v) is 14.5. The first-order valence-electron chi connectivity index (χ1n) is 11.4. The van der Waals surface area contributed by atoms with E-state index < -0.39 is 8.41 Å². The minimum absolute atomic E-state index is 0.222. The van der Waals surface area contributed by atoms with Gasteiger partial charge in [-0.3, -0.25) is 0 Å². The standard InChI is InChI=1S/C23H45FO2Si/c1-4-20-23(25)26-21-18-16-14-12-10-8-6-5-7-9-11-13-15-17-19-22-27(2,3)24/h4,20H,5-19,21-22H2,1-3H3. The van der Waals surface area contributed by atoms with E-state index in [-0.39, 0.29) is 5.97 Å². The van der Waals surface area contributed by atoms with E-state index in [0.29, 0.717) is 6.61 Å². The molecular formula is C23H45FO2Si. The van der Waals surface area contributed by atoms with Crippen LogP contribution in [0.4, 0.5) is 4.11 Å². The number of halogens is 1. The summed E-state index contributed by atoms with van der Waals surface area (Å²) in [5.41, 5.74) is 0. The topological polar surface area (TPSA) is 26.3 Å². The zero-order chi connectivity index (χ0) is 20.2. The molecule has 0 saturated heterocycles. The minimum Gasteiger partial charge on any atom is -0.463 e. The zero-order valence-corrected chi connectivity index (χ0v) is 19.4. The largest absolute Gasteiger partial charge is 0.463 e. The molecule has 2 nitrogen and oxygen atoms in total. The summed E-state index contributed by atoms with van der Waals surface area (Å²) in [4.78, 5) is 11.1. The average Bonchev–Trinajstić information content (AvgIpc) is 2.60. The molecular weight excluding hydrogens is 355 g/mol. The van der Waals surface area contributed by atoms with Gasteiger partial charge in [0, 0.05) is 6.08 Å². The van der Waals surface area contributed by atoms with E-state index >= 15 is 0 Å². The fourth-order valence-electron chi connectivity index (χ4n) is 3.30. The van der Waals surface area contributed by atoms with Gasteiger partial charge in [0.25, 0.3) is 0 Å². The molecule has 27 heavy (non-hydrogen) atoms. The zero-order valence-electron chi connectivity index (χ0n) is 18.4. The Bertz CT molecular complexity index is 364. The van der Waals surface area contributed by atoms with Crippen molar-refractivity contribution in [3.05, 3.63) is 12.2 Å². The molecule has 0 amide bonds. The van der Waals surface area contributed by atoms with Crippen LogP contribution in [0.2, 0.25) is 19.1 Å². The maximum atomic E-state index is 13.5. The fraction of sp³-hybridized carbons (Fsp3) is 0.870. The molecule has 0 rings (SSSR count). The van der Waals surface area contributed by atoms with Gasteiger partial charge < -0.3 is 8.84 Å². The Labute approximate surface area is 169 Å². The normalized spacial score (nSPS) is 12.0. The highest BCUT2D eigenvalue weighted by atomic mass is 28.4. The molecule has 0 aromatic heterocycles. The lowest BCUT2D eigenvalue weighted by atomic mass is 10.0. The third-order valence-electron chi connectivity index (χ3n) is 4.96. The Morgan fingerprint density at radius 1 is 0.741 bits per heavy atom. The summed E-state index contributed by atoms with van der Waals surface area (Å²) in [5, 5.41) is 0. The smallest absolute Gasteiger partial charge is 0.330 e. The van der Waals surface area contributed by atoms with Crippen molar-refractivity contribution < 1.29 is 13.6 Å². The molecule has 0 heterocycles. The SMILES string of the molecule is CC=CC(=O)OCCCCCCCCCCCCCCCCC[Si](C)(C)F. The molecule has 0 aliphatic carbocycles. The van der Waals surface area contributed by atoms with E-state index in [4.69, 9.17) is 4.74 Å². The van der Waals surface area contributed by atoms with Crippen LogP contribution in [0.3, 0.4) is 0 Å². The molecule has 0 aromatic carbocycles. The molecule has 0 spiro atoms. The predicted molar refractivity (Wildman–Crippen MR) is 118 cm³/mol. The number of esters is 1. The van der Waals surface area contributed by atoms with Gasteiger partial charge in [-0.05, 0) is 32.5 Å². The van der Waals surface area contributed by atoms with Crippen LogP contribution < -0.4 is 0 Å². The highest BCUT2D eigenvalue weighted by Gasteiger charge is 2.18. The van der Waals surface area contributed by atoms with Gasteiger partial charge in [0.15, 0.2) is 0 Å². The van der Waals surface area contributed by atoms with Crippen LogP contribution in [0.15, 0.2) is 12.2 Å². The monoisotopic (exact) mass is 400 g/mol. The highest BCUT2D eigenvalue weighted by Crippen LogP contribution is 2.17. The average molecular weight is 401 g/mol. The van der Waals surface area contributed by atoms with E-state index in [2.05, 4.69) is 0 Å². The number of hydrogen-bond acceptors (Lipinski definition) is 2. The van der Waals surface area contributed by atoms with Crippen LogP contribution in [0.1, 0.15) is 103 Å². The number of allylic oxidation sites excluding steroid dienone is 1. The van der Waals surface area contributed by atoms with Crippen molar-refractivity contribution in [1.29, 1.82) is 0 Å². The van der Waals surface area contributed by atoms with Crippen molar-refractivity contribution in [3.8, 4) is 0 Å². The van der Waals surface area contributed by atoms with Gasteiger partial charge in [-0.1, -0.05) is 96.0 Å². The van der Waals surface area contributed by atoms with E-state index in [1.54, 1.807) is 6.08 Å². The first-order chi connectivity index (χ1) is 13.0. The lowest BCUT2D eigenvalue weighted by Crippen LogP contribution is -2.16. The molecule has 0 bridgehead atoms. The lowest BCUT2D eigenvalue weighted by molar-refractivity contribution is -0.137. The summed E-state index contributed by atoms with van der Waals surface area (Å²) in [6.07, 6.45) is 22.4. The van der Waals surface area contributed by atoms with E-state index in [1.165, 1.54) is 83.1 Å². The third-order valence-corrected chi connectivity index (χ3v) is 6.51. The summed E-state index contributed by atoms with van der Waals surface area (Å²) >= 11 is 0. The van der Waals surface area contributed by atoms with E-state index in [1.807, 2.05) is 20.0 Å². The fourth-order valence-corrected chi connectivity index (χ4v) is 4.39. The van der Waals surface area contributed by atoms with Crippen LogP contribution >= 0.6 is 0 Å². The van der Waals surface area contributed by atoms with E-state index in [0.717, 1.165) is 25.3 Å². The Kier molecular flexibility index (Phi) is 18.3. The van der Waals surface area contributed by atoms with Crippen molar-refractivity contribution in [2.75, 3.05) is 6.61 Å².